The van der Waals surface area contributed by atoms with E-state index in [0.29, 0.717) is 0 Å². The molecule has 15 heavy (non-hydrogen) atoms. The Morgan fingerprint density at radius 3 is 2.20 bits per heavy atom. The largest absolute Gasteiger partial charge is 0.311 e. The molecule has 0 aromatic heterocycles. The zero-order chi connectivity index (χ0) is 11.5. The zero-order valence-electron chi connectivity index (χ0n) is 10.5. The maximum atomic E-state index is 3.39. The molecule has 0 heterocycles. The van der Waals surface area contributed by atoms with Gasteiger partial charge in [-0.3, -0.25) is 0 Å². The fourth-order valence-electron chi connectivity index (χ4n) is 1.13. The number of likely N-dealkylation sites (N-methyl/N-ethyl adjacent to an activating group) is 1. The van der Waals surface area contributed by atoms with E-state index < -0.39 is 0 Å². The minimum atomic E-state index is 0.967. The van der Waals surface area contributed by atoms with Gasteiger partial charge in [0.15, 0.2) is 0 Å². The molecule has 0 saturated heterocycles. The highest BCUT2D eigenvalue weighted by Gasteiger charge is 1.91. The van der Waals surface area contributed by atoms with Crippen LogP contribution < -0.4 is 5.32 Å². The van der Waals surface area contributed by atoms with E-state index in [1.165, 1.54) is 5.56 Å². The van der Waals surface area contributed by atoms with Gasteiger partial charge in [0, 0.05) is 19.6 Å². The second-order valence-electron chi connectivity index (χ2n) is 3.47. The molecular weight excluding hydrogens is 184 g/mol. The van der Waals surface area contributed by atoms with Gasteiger partial charge >= 0.3 is 0 Å². The predicted octanol–water partition coefficient (Wildman–Crippen LogP) is 2.36. The summed E-state index contributed by atoms with van der Waals surface area (Å²) in [7, 11) is 4.17. The maximum Gasteiger partial charge on any atom is 0.0206 e. The maximum absolute atomic E-state index is 3.39. The normalized spacial score (nSPS) is 9.67. The van der Waals surface area contributed by atoms with Crippen LogP contribution in [0, 0.1) is 0 Å². The molecule has 1 N–H and O–H groups in total. The lowest BCUT2D eigenvalue weighted by molar-refractivity contribution is 0.400. The van der Waals surface area contributed by atoms with Crippen molar-refractivity contribution >= 4 is 0 Å². The van der Waals surface area contributed by atoms with Crippen molar-refractivity contribution in [3.8, 4) is 0 Å². The Labute approximate surface area is 94.3 Å². The highest BCUT2D eigenvalue weighted by molar-refractivity contribution is 5.14. The summed E-state index contributed by atoms with van der Waals surface area (Å²) in [5.41, 5.74) is 1.35. The topological polar surface area (TPSA) is 15.3 Å². The van der Waals surface area contributed by atoms with Gasteiger partial charge in [-0.1, -0.05) is 44.2 Å². The number of nitrogens with zero attached hydrogens (tertiary/aromatic N) is 1. The van der Waals surface area contributed by atoms with Crippen LogP contribution in [0.4, 0.5) is 0 Å². The Bertz CT molecular complexity index is 219. The average Bonchev–Trinajstić information content (AvgIpc) is 2.28. The van der Waals surface area contributed by atoms with Gasteiger partial charge in [0.05, 0.1) is 0 Å². The molecule has 86 valence electrons. The lowest BCUT2D eigenvalue weighted by Gasteiger charge is -2.10. The van der Waals surface area contributed by atoms with Crippen LogP contribution in [0.25, 0.3) is 0 Å². The van der Waals surface area contributed by atoms with Gasteiger partial charge in [0.2, 0.25) is 0 Å². The van der Waals surface area contributed by atoms with Crippen molar-refractivity contribution in [1.82, 2.24) is 10.2 Å². The Kier molecular flexibility index (Phi) is 9.13. The minimum absolute atomic E-state index is 0.967. The van der Waals surface area contributed by atoms with Gasteiger partial charge in [0.1, 0.15) is 0 Å². The lowest BCUT2D eigenvalue weighted by Crippen LogP contribution is -2.26. The van der Waals surface area contributed by atoms with Crippen LogP contribution >= 0.6 is 0 Å². The fourth-order valence-corrected chi connectivity index (χ4v) is 1.13. The van der Waals surface area contributed by atoms with Crippen molar-refractivity contribution in [2.45, 2.75) is 20.4 Å². The summed E-state index contributed by atoms with van der Waals surface area (Å²) in [6.45, 7) is 7.10. The highest BCUT2D eigenvalue weighted by atomic mass is 15.1. The van der Waals surface area contributed by atoms with Crippen LogP contribution in [0.2, 0.25) is 0 Å². The molecule has 0 amide bonds. The first-order valence-corrected chi connectivity index (χ1v) is 5.68. The summed E-state index contributed by atoms with van der Waals surface area (Å²) in [4.78, 5) is 2.18. The van der Waals surface area contributed by atoms with E-state index in [9.17, 15) is 0 Å². The van der Waals surface area contributed by atoms with Gasteiger partial charge in [-0.2, -0.15) is 0 Å². The van der Waals surface area contributed by atoms with Crippen molar-refractivity contribution in [2.75, 3.05) is 27.2 Å². The summed E-state index contributed by atoms with van der Waals surface area (Å²) in [6.07, 6.45) is 0. The van der Waals surface area contributed by atoms with Crippen LogP contribution in [-0.2, 0) is 6.54 Å². The molecule has 1 rings (SSSR count). The fraction of sp³-hybridized carbons (Fsp3) is 0.538. The van der Waals surface area contributed by atoms with Crippen molar-refractivity contribution in [3.05, 3.63) is 35.9 Å². The summed E-state index contributed by atoms with van der Waals surface area (Å²) < 4.78 is 0. The standard InChI is InChI=1S/C11H18N2.C2H6/c1-13(2)9-8-12-10-11-6-4-3-5-7-11;1-2/h3-7,12H,8-10H2,1-2H3;1-2H3. The van der Waals surface area contributed by atoms with Gasteiger partial charge in [0.25, 0.3) is 0 Å². The minimum Gasteiger partial charge on any atom is -0.311 e. The molecule has 0 atom stereocenters. The van der Waals surface area contributed by atoms with Gasteiger partial charge in [-0.05, 0) is 19.7 Å². The highest BCUT2D eigenvalue weighted by Crippen LogP contribution is 1.96. The van der Waals surface area contributed by atoms with Crippen LogP contribution in [-0.4, -0.2) is 32.1 Å². The SMILES string of the molecule is CC.CN(C)CCNCc1ccccc1. The van der Waals surface area contributed by atoms with E-state index in [4.69, 9.17) is 0 Å². The second-order valence-corrected chi connectivity index (χ2v) is 3.47. The number of rotatable bonds is 5. The average molecular weight is 208 g/mol. The lowest BCUT2D eigenvalue weighted by atomic mass is 10.2. The zero-order valence-corrected chi connectivity index (χ0v) is 10.5. The monoisotopic (exact) mass is 208 g/mol. The second kappa shape index (κ2) is 9.69. The number of nitrogens with one attached hydrogen (secondary N) is 1. The summed E-state index contributed by atoms with van der Waals surface area (Å²) in [5, 5.41) is 3.39. The van der Waals surface area contributed by atoms with Crippen LogP contribution in [0.1, 0.15) is 19.4 Å². The first-order chi connectivity index (χ1) is 7.29. The molecule has 1 aromatic carbocycles. The summed E-state index contributed by atoms with van der Waals surface area (Å²) >= 11 is 0. The van der Waals surface area contributed by atoms with E-state index in [1.54, 1.807) is 0 Å². The molecule has 2 heteroatoms. The first kappa shape index (κ1) is 14.1. The molecule has 0 saturated carbocycles. The number of benzene rings is 1. The molecule has 2 nitrogen and oxygen atoms in total. The third-order valence-electron chi connectivity index (χ3n) is 1.91. The molecule has 0 bridgehead atoms. The summed E-state index contributed by atoms with van der Waals surface area (Å²) in [6, 6.07) is 10.5. The first-order valence-electron chi connectivity index (χ1n) is 5.68. The molecule has 0 aliphatic heterocycles. The van der Waals surface area contributed by atoms with Gasteiger partial charge in [-0.25, -0.2) is 0 Å². The van der Waals surface area contributed by atoms with E-state index in [2.05, 4.69) is 48.6 Å². The van der Waals surface area contributed by atoms with Gasteiger partial charge < -0.3 is 10.2 Å². The van der Waals surface area contributed by atoms with Crippen LogP contribution in [0.5, 0.6) is 0 Å². The van der Waals surface area contributed by atoms with E-state index in [-0.39, 0.29) is 0 Å². The van der Waals surface area contributed by atoms with Crippen molar-refractivity contribution in [3.63, 3.8) is 0 Å². The molecule has 0 aliphatic rings. The van der Waals surface area contributed by atoms with Crippen LogP contribution in [0.3, 0.4) is 0 Å². The summed E-state index contributed by atoms with van der Waals surface area (Å²) in [5.74, 6) is 0. The van der Waals surface area contributed by atoms with Crippen molar-refractivity contribution in [2.24, 2.45) is 0 Å². The van der Waals surface area contributed by atoms with Crippen LogP contribution in [0.15, 0.2) is 30.3 Å². The van der Waals surface area contributed by atoms with E-state index >= 15 is 0 Å². The molecular formula is C13H24N2. The van der Waals surface area contributed by atoms with E-state index in [1.807, 2.05) is 19.9 Å². The molecule has 0 aliphatic carbocycles. The molecule has 0 spiro atoms. The third kappa shape index (κ3) is 8.16. The molecule has 1 aromatic rings. The van der Waals surface area contributed by atoms with Crippen molar-refractivity contribution < 1.29 is 0 Å². The Morgan fingerprint density at radius 1 is 1.07 bits per heavy atom. The smallest absolute Gasteiger partial charge is 0.0206 e. The Hall–Kier alpha value is -0.860. The van der Waals surface area contributed by atoms with E-state index in [0.717, 1.165) is 19.6 Å². The molecule has 0 fully saturated rings. The Morgan fingerprint density at radius 2 is 1.67 bits per heavy atom. The Balaban J connectivity index is 0.000000921. The molecule has 0 unspecified atom stereocenters. The quantitative estimate of drug-likeness (QED) is 0.747. The van der Waals surface area contributed by atoms with Crippen molar-refractivity contribution in [1.29, 1.82) is 0 Å². The number of hydrogen-bond acceptors (Lipinski definition) is 2. The molecule has 0 radical (unpaired) electrons. The van der Waals surface area contributed by atoms with Gasteiger partial charge in [-0.15, -0.1) is 0 Å². The predicted molar refractivity (Wildman–Crippen MR) is 68.1 cm³/mol. The number of hydrogen-bond donors (Lipinski definition) is 1. The third-order valence-corrected chi connectivity index (χ3v) is 1.91.